The zero-order valence-corrected chi connectivity index (χ0v) is 14.3. The van der Waals surface area contributed by atoms with E-state index in [1.807, 2.05) is 20.8 Å². The summed E-state index contributed by atoms with van der Waals surface area (Å²) in [6, 6.07) is 11.3. The maximum atomic E-state index is 12.5. The first-order valence-electron chi connectivity index (χ1n) is 7.56. The molecule has 0 heterocycles. The van der Waals surface area contributed by atoms with E-state index in [-0.39, 0.29) is 11.9 Å². The Bertz CT molecular complexity index is 710. The molecule has 2 aromatic carbocycles. The molecule has 0 radical (unpaired) electrons. The van der Waals surface area contributed by atoms with Gasteiger partial charge in [0.25, 0.3) is 5.91 Å². The highest BCUT2D eigenvalue weighted by atomic mass is 16.5. The van der Waals surface area contributed by atoms with Gasteiger partial charge in [0.15, 0.2) is 11.5 Å². The van der Waals surface area contributed by atoms with Crippen molar-refractivity contribution in [3.8, 4) is 11.5 Å². The van der Waals surface area contributed by atoms with Crippen molar-refractivity contribution in [3.05, 3.63) is 58.7 Å². The highest BCUT2D eigenvalue weighted by Gasteiger charge is 2.15. The molecular weight excluding hydrogens is 290 g/mol. The average Bonchev–Trinajstić information content (AvgIpc) is 2.56. The van der Waals surface area contributed by atoms with Crippen molar-refractivity contribution in [1.82, 2.24) is 5.32 Å². The van der Waals surface area contributed by atoms with E-state index in [9.17, 15) is 4.79 Å². The number of benzene rings is 2. The lowest BCUT2D eigenvalue weighted by atomic mass is 9.99. The Labute approximate surface area is 137 Å². The second kappa shape index (κ2) is 7.18. The number of carbonyl (C=O) groups is 1. The minimum absolute atomic E-state index is 0.0736. The van der Waals surface area contributed by atoms with Crippen molar-refractivity contribution >= 4 is 5.91 Å². The molecule has 4 heteroatoms. The summed E-state index contributed by atoms with van der Waals surface area (Å²) in [7, 11) is 3.12. The van der Waals surface area contributed by atoms with Gasteiger partial charge in [-0.15, -0.1) is 0 Å². The van der Waals surface area contributed by atoms with Crippen LogP contribution in [0.2, 0.25) is 0 Å². The standard InChI is InChI=1S/C19H23NO3/c1-12-6-7-13(2)16(10-12)14(3)20-19(21)15-8-9-17(22-4)18(11-15)23-5/h6-11,14H,1-5H3,(H,20,21)/t14-/m1/s1. The van der Waals surface area contributed by atoms with Crippen molar-refractivity contribution in [3.63, 3.8) is 0 Å². The maximum absolute atomic E-state index is 12.5. The molecule has 0 aliphatic rings. The number of ether oxygens (including phenoxy) is 2. The van der Waals surface area contributed by atoms with Gasteiger partial charge in [-0.3, -0.25) is 4.79 Å². The monoisotopic (exact) mass is 313 g/mol. The number of amides is 1. The van der Waals surface area contributed by atoms with E-state index in [2.05, 4.69) is 23.5 Å². The van der Waals surface area contributed by atoms with Crippen molar-refractivity contribution in [1.29, 1.82) is 0 Å². The van der Waals surface area contributed by atoms with Crippen molar-refractivity contribution in [2.24, 2.45) is 0 Å². The first kappa shape index (κ1) is 16.9. The average molecular weight is 313 g/mol. The van der Waals surface area contributed by atoms with Gasteiger partial charge in [-0.1, -0.05) is 23.8 Å². The summed E-state index contributed by atoms with van der Waals surface area (Å²) in [6.45, 7) is 6.08. The van der Waals surface area contributed by atoms with E-state index < -0.39 is 0 Å². The van der Waals surface area contributed by atoms with Crippen LogP contribution < -0.4 is 14.8 Å². The summed E-state index contributed by atoms with van der Waals surface area (Å²) in [4.78, 5) is 12.5. The Kier molecular flexibility index (Phi) is 5.27. The van der Waals surface area contributed by atoms with Crippen molar-refractivity contribution in [2.45, 2.75) is 26.8 Å². The van der Waals surface area contributed by atoms with Gasteiger partial charge in [-0.05, 0) is 50.1 Å². The lowest BCUT2D eigenvalue weighted by molar-refractivity contribution is 0.0939. The summed E-state index contributed by atoms with van der Waals surface area (Å²) < 4.78 is 10.4. The lowest BCUT2D eigenvalue weighted by Crippen LogP contribution is -2.27. The maximum Gasteiger partial charge on any atom is 0.251 e. The SMILES string of the molecule is COc1ccc(C(=O)N[C@H](C)c2cc(C)ccc2C)cc1OC. The molecular formula is C19H23NO3. The van der Waals surface area contributed by atoms with E-state index in [1.165, 1.54) is 5.56 Å². The van der Waals surface area contributed by atoms with Gasteiger partial charge in [0.05, 0.1) is 20.3 Å². The van der Waals surface area contributed by atoms with Gasteiger partial charge in [0, 0.05) is 5.56 Å². The molecule has 1 atom stereocenters. The second-order valence-corrected chi connectivity index (χ2v) is 5.62. The van der Waals surface area contributed by atoms with Crippen LogP contribution in [0.15, 0.2) is 36.4 Å². The summed E-state index contributed by atoms with van der Waals surface area (Å²) in [5.74, 6) is 1.01. The van der Waals surface area contributed by atoms with Crippen molar-refractivity contribution in [2.75, 3.05) is 14.2 Å². The molecule has 0 saturated heterocycles. The van der Waals surface area contributed by atoms with E-state index in [4.69, 9.17) is 9.47 Å². The van der Waals surface area contributed by atoms with Crippen LogP contribution in [0.5, 0.6) is 11.5 Å². The number of hydrogen-bond donors (Lipinski definition) is 1. The molecule has 0 aliphatic heterocycles. The van der Waals surface area contributed by atoms with Gasteiger partial charge >= 0.3 is 0 Å². The van der Waals surface area contributed by atoms with Crippen LogP contribution in [0.3, 0.4) is 0 Å². The summed E-state index contributed by atoms with van der Waals surface area (Å²) in [6.07, 6.45) is 0. The summed E-state index contributed by atoms with van der Waals surface area (Å²) in [5, 5.41) is 3.03. The fourth-order valence-corrected chi connectivity index (χ4v) is 2.56. The Morgan fingerprint density at radius 2 is 1.70 bits per heavy atom. The Morgan fingerprint density at radius 1 is 1.00 bits per heavy atom. The highest BCUT2D eigenvalue weighted by Crippen LogP contribution is 2.28. The van der Waals surface area contributed by atoms with Crippen LogP contribution in [-0.4, -0.2) is 20.1 Å². The zero-order chi connectivity index (χ0) is 17.0. The van der Waals surface area contributed by atoms with Gasteiger partial charge in [0.1, 0.15) is 0 Å². The van der Waals surface area contributed by atoms with E-state index in [0.29, 0.717) is 17.1 Å². The highest BCUT2D eigenvalue weighted by molar-refractivity contribution is 5.95. The van der Waals surface area contributed by atoms with Crippen LogP contribution in [0.1, 0.15) is 40.0 Å². The minimum atomic E-state index is -0.139. The molecule has 0 spiro atoms. The number of methoxy groups -OCH3 is 2. The molecule has 122 valence electrons. The topological polar surface area (TPSA) is 47.6 Å². The molecule has 0 fully saturated rings. The second-order valence-electron chi connectivity index (χ2n) is 5.62. The quantitative estimate of drug-likeness (QED) is 0.913. The smallest absolute Gasteiger partial charge is 0.251 e. The van der Waals surface area contributed by atoms with Crippen LogP contribution >= 0.6 is 0 Å². The molecule has 0 bridgehead atoms. The molecule has 1 amide bonds. The third kappa shape index (κ3) is 3.83. The molecule has 0 aliphatic carbocycles. The first-order chi connectivity index (χ1) is 11.0. The molecule has 2 rings (SSSR count). The van der Waals surface area contributed by atoms with Gasteiger partial charge in [0.2, 0.25) is 0 Å². The predicted octanol–water partition coefficient (Wildman–Crippen LogP) is 3.81. The molecule has 2 aromatic rings. The summed E-state index contributed by atoms with van der Waals surface area (Å²) >= 11 is 0. The van der Waals surface area contributed by atoms with Gasteiger partial charge < -0.3 is 14.8 Å². The molecule has 23 heavy (non-hydrogen) atoms. The largest absolute Gasteiger partial charge is 0.493 e. The number of rotatable bonds is 5. The normalized spacial score (nSPS) is 11.7. The van der Waals surface area contributed by atoms with Crippen LogP contribution in [0, 0.1) is 13.8 Å². The predicted molar refractivity (Wildman–Crippen MR) is 91.3 cm³/mol. The lowest BCUT2D eigenvalue weighted by Gasteiger charge is -2.18. The third-order valence-electron chi connectivity index (χ3n) is 3.89. The molecule has 0 unspecified atom stereocenters. The number of hydrogen-bond acceptors (Lipinski definition) is 3. The zero-order valence-electron chi connectivity index (χ0n) is 14.3. The van der Waals surface area contributed by atoms with E-state index in [1.54, 1.807) is 32.4 Å². The Morgan fingerprint density at radius 3 is 2.35 bits per heavy atom. The number of aryl methyl sites for hydroxylation is 2. The van der Waals surface area contributed by atoms with E-state index >= 15 is 0 Å². The van der Waals surface area contributed by atoms with Gasteiger partial charge in [-0.2, -0.15) is 0 Å². The molecule has 0 saturated carbocycles. The molecule has 1 N–H and O–H groups in total. The Hall–Kier alpha value is -2.49. The third-order valence-corrected chi connectivity index (χ3v) is 3.89. The molecule has 4 nitrogen and oxygen atoms in total. The fraction of sp³-hybridized carbons (Fsp3) is 0.316. The number of carbonyl (C=O) groups excluding carboxylic acids is 1. The number of nitrogens with one attached hydrogen (secondary N) is 1. The van der Waals surface area contributed by atoms with Crippen LogP contribution in [0.4, 0.5) is 0 Å². The fourth-order valence-electron chi connectivity index (χ4n) is 2.56. The summed E-state index contributed by atoms with van der Waals surface area (Å²) in [5.41, 5.74) is 4.01. The minimum Gasteiger partial charge on any atom is -0.493 e. The van der Waals surface area contributed by atoms with Crippen LogP contribution in [-0.2, 0) is 0 Å². The van der Waals surface area contributed by atoms with Gasteiger partial charge in [-0.25, -0.2) is 0 Å². The first-order valence-corrected chi connectivity index (χ1v) is 7.56. The van der Waals surface area contributed by atoms with Crippen molar-refractivity contribution < 1.29 is 14.3 Å². The molecule has 0 aromatic heterocycles. The Balaban J connectivity index is 2.20. The van der Waals surface area contributed by atoms with E-state index in [0.717, 1.165) is 11.1 Å². The van der Waals surface area contributed by atoms with Crippen LogP contribution in [0.25, 0.3) is 0 Å².